The molecular formula is C24H21F3N6O. The van der Waals surface area contributed by atoms with Crippen molar-refractivity contribution < 1.29 is 17.9 Å². The summed E-state index contributed by atoms with van der Waals surface area (Å²) in [6.45, 7) is 1.41. The third-order valence-corrected chi connectivity index (χ3v) is 6.44. The van der Waals surface area contributed by atoms with Gasteiger partial charge in [0, 0.05) is 30.4 Å². The summed E-state index contributed by atoms with van der Waals surface area (Å²) >= 11 is 0. The number of aromatic nitrogens is 6. The van der Waals surface area contributed by atoms with Gasteiger partial charge in [-0.2, -0.15) is 13.2 Å². The Morgan fingerprint density at radius 2 is 1.94 bits per heavy atom. The van der Waals surface area contributed by atoms with Gasteiger partial charge in [-0.25, -0.2) is 4.98 Å². The third-order valence-electron chi connectivity index (χ3n) is 6.44. The van der Waals surface area contributed by atoms with Crippen LogP contribution in [0, 0.1) is 0 Å². The van der Waals surface area contributed by atoms with E-state index < -0.39 is 11.9 Å². The van der Waals surface area contributed by atoms with E-state index in [0.29, 0.717) is 29.8 Å². The summed E-state index contributed by atoms with van der Waals surface area (Å²) in [5, 5.41) is 8.89. The molecule has 1 saturated carbocycles. The maximum absolute atomic E-state index is 13.2. The van der Waals surface area contributed by atoms with Crippen LogP contribution in [0.4, 0.5) is 13.2 Å². The number of nitrogens with one attached hydrogen (secondary N) is 1. The molecule has 6 rings (SSSR count). The predicted octanol–water partition coefficient (Wildman–Crippen LogP) is 5.19. The minimum Gasteiger partial charge on any atom is -0.493 e. The quantitative estimate of drug-likeness (QED) is 0.438. The molecule has 4 heterocycles. The molecule has 3 aromatic heterocycles. The number of halogens is 3. The topological polar surface area (TPSA) is 81.5 Å². The molecule has 4 aromatic rings. The monoisotopic (exact) mass is 466 g/mol. The van der Waals surface area contributed by atoms with Crippen molar-refractivity contribution in [1.82, 2.24) is 29.9 Å². The van der Waals surface area contributed by atoms with Crippen LogP contribution < -0.4 is 4.74 Å². The number of hydrogen-bond acceptors (Lipinski definition) is 5. The number of aromatic amines is 1. The lowest BCUT2D eigenvalue weighted by Crippen LogP contribution is -2.18. The SMILES string of the molecule is FC(F)(F)c1[nH]nnc1-c1ccnc(-c2cn(C[C@H]3CCOc4ccc(C5CC5)cc43)cn2)c1. The standard InChI is InChI=1S/C24H21F3N6O/c25-24(26,27)23-22(30-32-31-23)16-5-7-28-19(10-16)20-12-33(13-29-20)11-17-6-8-34-21-4-3-15(9-18(17)21)14-1-2-14/h3-5,7,9-10,12-14,17H,1-2,6,8,11H2,(H,30,31,32)/t17-/m1/s1. The molecule has 0 spiro atoms. The first kappa shape index (κ1) is 20.9. The number of hydrogen-bond donors (Lipinski definition) is 1. The van der Waals surface area contributed by atoms with E-state index in [4.69, 9.17) is 4.74 Å². The van der Waals surface area contributed by atoms with Crippen LogP contribution in [-0.2, 0) is 12.7 Å². The molecule has 174 valence electrons. The molecule has 7 nitrogen and oxygen atoms in total. The summed E-state index contributed by atoms with van der Waals surface area (Å²) < 4.78 is 47.6. The second-order valence-corrected chi connectivity index (χ2v) is 8.82. The van der Waals surface area contributed by atoms with E-state index in [1.165, 1.54) is 36.2 Å². The molecular weight excluding hydrogens is 445 g/mol. The summed E-state index contributed by atoms with van der Waals surface area (Å²) in [5.41, 5.74) is 2.68. The van der Waals surface area contributed by atoms with Gasteiger partial charge in [0.05, 0.1) is 18.6 Å². The van der Waals surface area contributed by atoms with Gasteiger partial charge in [0.2, 0.25) is 0 Å². The predicted molar refractivity (Wildman–Crippen MR) is 117 cm³/mol. The minimum atomic E-state index is -4.58. The van der Waals surface area contributed by atoms with E-state index in [9.17, 15) is 13.2 Å². The van der Waals surface area contributed by atoms with Crippen molar-refractivity contribution >= 4 is 0 Å². The second-order valence-electron chi connectivity index (χ2n) is 8.82. The second kappa shape index (κ2) is 7.96. The number of pyridine rings is 1. The Labute approximate surface area is 193 Å². The molecule has 0 radical (unpaired) electrons. The number of nitrogens with zero attached hydrogens (tertiary/aromatic N) is 5. The molecule has 0 amide bonds. The number of benzene rings is 1. The Morgan fingerprint density at radius 1 is 1.06 bits per heavy atom. The first-order valence-corrected chi connectivity index (χ1v) is 11.2. The summed E-state index contributed by atoms with van der Waals surface area (Å²) in [6, 6.07) is 9.57. The fraction of sp³-hybridized carbons (Fsp3) is 0.333. The molecule has 1 aromatic carbocycles. The molecule has 1 aliphatic carbocycles. The Hall–Kier alpha value is -3.69. The Bertz CT molecular complexity index is 1340. The van der Waals surface area contributed by atoms with Gasteiger partial charge in [0.25, 0.3) is 0 Å². The van der Waals surface area contributed by atoms with E-state index in [2.05, 4.69) is 38.5 Å². The van der Waals surface area contributed by atoms with Crippen LogP contribution in [0.3, 0.4) is 0 Å². The normalized spacial score (nSPS) is 17.9. The number of H-pyrrole nitrogens is 1. The highest BCUT2D eigenvalue weighted by Gasteiger charge is 2.37. The van der Waals surface area contributed by atoms with E-state index in [0.717, 1.165) is 18.7 Å². The average Bonchev–Trinajstić information content (AvgIpc) is 3.36. The number of ether oxygens (including phenoxy) is 1. The van der Waals surface area contributed by atoms with Gasteiger partial charge < -0.3 is 9.30 Å². The van der Waals surface area contributed by atoms with Crippen LogP contribution in [0.1, 0.15) is 47.9 Å². The maximum atomic E-state index is 13.2. The van der Waals surface area contributed by atoms with Gasteiger partial charge >= 0.3 is 6.18 Å². The Morgan fingerprint density at radius 3 is 2.76 bits per heavy atom. The largest absolute Gasteiger partial charge is 0.493 e. The van der Waals surface area contributed by atoms with Crippen LogP contribution in [0.2, 0.25) is 0 Å². The van der Waals surface area contributed by atoms with Gasteiger partial charge in [-0.3, -0.25) is 10.1 Å². The van der Waals surface area contributed by atoms with Crippen LogP contribution in [0.5, 0.6) is 5.75 Å². The van der Waals surface area contributed by atoms with E-state index in [-0.39, 0.29) is 11.3 Å². The Kier molecular flexibility index (Phi) is 4.89. The summed E-state index contributed by atoms with van der Waals surface area (Å²) in [7, 11) is 0. The zero-order chi connectivity index (χ0) is 23.3. The van der Waals surface area contributed by atoms with Crippen molar-refractivity contribution in [2.75, 3.05) is 6.61 Å². The molecule has 10 heteroatoms. The van der Waals surface area contributed by atoms with E-state index in [1.807, 2.05) is 15.9 Å². The smallest absolute Gasteiger partial charge is 0.435 e. The lowest BCUT2D eigenvalue weighted by Gasteiger charge is -2.26. The van der Waals surface area contributed by atoms with Gasteiger partial charge in [-0.1, -0.05) is 17.3 Å². The number of alkyl halides is 3. The molecule has 1 aliphatic heterocycles. The van der Waals surface area contributed by atoms with E-state index >= 15 is 0 Å². The molecule has 0 unspecified atom stereocenters. The van der Waals surface area contributed by atoms with Gasteiger partial charge in [-0.15, -0.1) is 5.10 Å². The van der Waals surface area contributed by atoms with Crippen LogP contribution in [0.15, 0.2) is 49.1 Å². The number of fused-ring (bicyclic) bond motifs is 1. The number of imidazole rings is 1. The number of rotatable bonds is 5. The molecule has 0 saturated heterocycles. The molecule has 1 fully saturated rings. The highest BCUT2D eigenvalue weighted by molar-refractivity contribution is 5.67. The fourth-order valence-electron chi connectivity index (χ4n) is 4.54. The lowest BCUT2D eigenvalue weighted by molar-refractivity contribution is -0.140. The van der Waals surface area contributed by atoms with Crippen molar-refractivity contribution in [3.8, 4) is 28.4 Å². The molecule has 0 bridgehead atoms. The van der Waals surface area contributed by atoms with Gasteiger partial charge in [0.15, 0.2) is 5.69 Å². The summed E-state index contributed by atoms with van der Waals surface area (Å²) in [5.74, 6) is 1.92. The van der Waals surface area contributed by atoms with Crippen molar-refractivity contribution in [2.24, 2.45) is 0 Å². The highest BCUT2D eigenvalue weighted by atomic mass is 19.4. The fourth-order valence-corrected chi connectivity index (χ4v) is 4.54. The lowest BCUT2D eigenvalue weighted by atomic mass is 9.91. The van der Waals surface area contributed by atoms with Gasteiger partial charge in [0.1, 0.15) is 17.1 Å². The van der Waals surface area contributed by atoms with Gasteiger partial charge in [-0.05, 0) is 54.5 Å². The first-order chi connectivity index (χ1) is 16.5. The van der Waals surface area contributed by atoms with Crippen LogP contribution in [0.25, 0.3) is 22.6 Å². The zero-order valence-corrected chi connectivity index (χ0v) is 18.1. The third kappa shape index (κ3) is 3.93. The molecule has 1 atom stereocenters. The molecule has 1 N–H and O–H groups in total. The van der Waals surface area contributed by atoms with E-state index in [1.54, 1.807) is 12.4 Å². The average molecular weight is 466 g/mol. The minimum absolute atomic E-state index is 0.263. The summed E-state index contributed by atoms with van der Waals surface area (Å²) in [4.78, 5) is 8.77. The van der Waals surface area contributed by atoms with Crippen molar-refractivity contribution in [3.63, 3.8) is 0 Å². The first-order valence-electron chi connectivity index (χ1n) is 11.2. The maximum Gasteiger partial charge on any atom is 0.435 e. The van der Waals surface area contributed by atoms with Crippen LogP contribution in [-0.4, -0.2) is 36.6 Å². The molecule has 34 heavy (non-hydrogen) atoms. The van der Waals surface area contributed by atoms with Crippen LogP contribution >= 0.6 is 0 Å². The van der Waals surface area contributed by atoms with Crippen molar-refractivity contribution in [2.45, 2.75) is 43.8 Å². The van der Waals surface area contributed by atoms with Crippen molar-refractivity contribution in [3.05, 3.63) is 65.9 Å². The van der Waals surface area contributed by atoms with Crippen molar-refractivity contribution in [1.29, 1.82) is 0 Å². The molecule has 2 aliphatic rings. The summed E-state index contributed by atoms with van der Waals surface area (Å²) in [6.07, 6.45) is 3.89. The zero-order valence-electron chi connectivity index (χ0n) is 18.1. The Balaban J connectivity index is 1.25. The highest BCUT2D eigenvalue weighted by Crippen LogP contribution is 2.44.